The van der Waals surface area contributed by atoms with E-state index in [-0.39, 0.29) is 11.6 Å². The number of nitrogens with one attached hydrogen (secondary N) is 3. The van der Waals surface area contributed by atoms with E-state index in [1.165, 1.54) is 10.2 Å². The number of carbonyl (C=O) groups is 1. The normalized spacial score (nSPS) is 12.4. The van der Waals surface area contributed by atoms with Gasteiger partial charge < -0.3 is 5.32 Å². The summed E-state index contributed by atoms with van der Waals surface area (Å²) in [6.45, 7) is 0.536. The molecule has 8 nitrogen and oxygen atoms in total. The second-order valence-electron chi connectivity index (χ2n) is 8.33. The van der Waals surface area contributed by atoms with Gasteiger partial charge in [0, 0.05) is 23.7 Å². The van der Waals surface area contributed by atoms with Gasteiger partial charge in [0.25, 0.3) is 5.56 Å². The van der Waals surface area contributed by atoms with E-state index in [2.05, 4.69) is 37.8 Å². The molecule has 0 fully saturated rings. The van der Waals surface area contributed by atoms with Gasteiger partial charge in [-0.1, -0.05) is 60.7 Å². The SMILES string of the molecule is O=C(NCCCc1ccccc1)Nc1cc(-c2ccccc2)nn1-c1nc2c(c(=O)[nH]1)CCC2. The summed E-state index contributed by atoms with van der Waals surface area (Å²) in [6, 6.07) is 21.3. The van der Waals surface area contributed by atoms with Crippen LogP contribution in [0.4, 0.5) is 10.6 Å². The molecule has 0 unspecified atom stereocenters. The lowest BCUT2D eigenvalue weighted by molar-refractivity contribution is 0.252. The number of anilines is 1. The van der Waals surface area contributed by atoms with Gasteiger partial charge in [0.15, 0.2) is 0 Å². The number of hydrogen-bond acceptors (Lipinski definition) is 4. The number of aromatic amines is 1. The molecule has 2 aromatic heterocycles. The Balaban J connectivity index is 1.35. The Bertz CT molecular complexity index is 1340. The van der Waals surface area contributed by atoms with Crippen molar-refractivity contribution in [2.24, 2.45) is 0 Å². The number of amides is 2. The maximum atomic E-state index is 12.7. The zero-order valence-corrected chi connectivity index (χ0v) is 18.8. The van der Waals surface area contributed by atoms with Crippen LogP contribution in [0.15, 0.2) is 71.5 Å². The summed E-state index contributed by atoms with van der Waals surface area (Å²) in [7, 11) is 0. The van der Waals surface area contributed by atoms with Gasteiger partial charge in [-0.25, -0.2) is 9.78 Å². The van der Waals surface area contributed by atoms with Crippen LogP contribution < -0.4 is 16.2 Å². The quantitative estimate of drug-likeness (QED) is 0.369. The predicted molar refractivity (Wildman–Crippen MR) is 131 cm³/mol. The van der Waals surface area contributed by atoms with E-state index in [0.29, 0.717) is 24.0 Å². The van der Waals surface area contributed by atoms with Crippen LogP contribution >= 0.6 is 0 Å². The third-order valence-electron chi connectivity index (χ3n) is 5.92. The summed E-state index contributed by atoms with van der Waals surface area (Å²) in [6.07, 6.45) is 4.13. The number of fused-ring (bicyclic) bond motifs is 1. The highest BCUT2D eigenvalue weighted by molar-refractivity contribution is 5.89. The number of aromatic nitrogens is 4. The Morgan fingerprint density at radius 3 is 2.59 bits per heavy atom. The average molecular weight is 455 g/mol. The van der Waals surface area contributed by atoms with Crippen LogP contribution in [0.2, 0.25) is 0 Å². The van der Waals surface area contributed by atoms with Crippen molar-refractivity contribution in [3.63, 3.8) is 0 Å². The van der Waals surface area contributed by atoms with Crippen molar-refractivity contribution in [3.8, 4) is 17.2 Å². The molecule has 3 N–H and O–H groups in total. The molecule has 0 atom stereocenters. The van der Waals surface area contributed by atoms with Crippen molar-refractivity contribution >= 4 is 11.8 Å². The number of aryl methyl sites for hydroxylation is 2. The minimum atomic E-state index is -0.336. The topological polar surface area (TPSA) is 105 Å². The Kier molecular flexibility index (Phi) is 6.20. The van der Waals surface area contributed by atoms with E-state index >= 15 is 0 Å². The van der Waals surface area contributed by atoms with Crippen molar-refractivity contribution in [2.75, 3.05) is 11.9 Å². The van der Waals surface area contributed by atoms with Crippen LogP contribution in [0.3, 0.4) is 0 Å². The monoisotopic (exact) mass is 454 g/mol. The van der Waals surface area contributed by atoms with Crippen LogP contribution in [0.1, 0.15) is 29.7 Å². The van der Waals surface area contributed by atoms with Crippen molar-refractivity contribution in [1.29, 1.82) is 0 Å². The molecule has 1 aliphatic carbocycles. The average Bonchev–Trinajstić information content (AvgIpc) is 3.51. The lowest BCUT2D eigenvalue weighted by Crippen LogP contribution is -2.31. The largest absolute Gasteiger partial charge is 0.338 e. The van der Waals surface area contributed by atoms with Crippen molar-refractivity contribution < 1.29 is 4.79 Å². The van der Waals surface area contributed by atoms with Crippen molar-refractivity contribution in [2.45, 2.75) is 32.1 Å². The van der Waals surface area contributed by atoms with Gasteiger partial charge in [-0.15, -0.1) is 0 Å². The van der Waals surface area contributed by atoms with E-state index < -0.39 is 0 Å². The molecule has 5 rings (SSSR count). The molecule has 8 heteroatoms. The zero-order chi connectivity index (χ0) is 23.3. The second-order valence-corrected chi connectivity index (χ2v) is 8.33. The van der Waals surface area contributed by atoms with E-state index in [1.807, 2.05) is 48.5 Å². The minimum absolute atomic E-state index is 0.148. The van der Waals surface area contributed by atoms with E-state index in [1.54, 1.807) is 6.07 Å². The Hall–Kier alpha value is -4.20. The molecule has 0 radical (unpaired) electrons. The molecule has 0 bridgehead atoms. The fourth-order valence-electron chi connectivity index (χ4n) is 4.21. The summed E-state index contributed by atoms with van der Waals surface area (Å²) in [5.41, 5.74) is 4.20. The molecule has 0 aliphatic heterocycles. The molecule has 2 aromatic carbocycles. The highest BCUT2D eigenvalue weighted by Gasteiger charge is 2.20. The van der Waals surface area contributed by atoms with Crippen LogP contribution in [0.5, 0.6) is 0 Å². The van der Waals surface area contributed by atoms with Crippen molar-refractivity contribution in [3.05, 3.63) is 93.9 Å². The number of urea groups is 1. The molecular formula is C26H26N6O2. The molecule has 0 spiro atoms. The Morgan fingerprint density at radius 1 is 1.03 bits per heavy atom. The molecule has 2 amide bonds. The molecule has 2 heterocycles. The van der Waals surface area contributed by atoms with Crippen LogP contribution in [-0.4, -0.2) is 32.3 Å². The smallest absolute Gasteiger partial charge is 0.320 e. The number of rotatable bonds is 7. The van der Waals surface area contributed by atoms with Crippen LogP contribution in [0.25, 0.3) is 17.2 Å². The maximum absolute atomic E-state index is 12.7. The van der Waals surface area contributed by atoms with E-state index in [9.17, 15) is 9.59 Å². The molecule has 1 aliphatic rings. The molecule has 4 aromatic rings. The summed E-state index contributed by atoms with van der Waals surface area (Å²) in [5, 5.41) is 10.4. The summed E-state index contributed by atoms with van der Waals surface area (Å²) in [5.74, 6) is 0.729. The third kappa shape index (κ3) is 4.76. The molecule has 0 saturated carbocycles. The molecule has 172 valence electrons. The summed E-state index contributed by atoms with van der Waals surface area (Å²) in [4.78, 5) is 32.7. The highest BCUT2D eigenvalue weighted by Crippen LogP contribution is 2.24. The number of hydrogen-bond donors (Lipinski definition) is 3. The molecule has 0 saturated heterocycles. The zero-order valence-electron chi connectivity index (χ0n) is 18.8. The molecular weight excluding hydrogens is 428 g/mol. The van der Waals surface area contributed by atoms with Gasteiger partial charge in [0.1, 0.15) is 5.82 Å². The van der Waals surface area contributed by atoms with E-state index in [4.69, 9.17) is 0 Å². The number of H-pyrrole nitrogens is 1. The maximum Gasteiger partial charge on any atom is 0.320 e. The first-order valence-electron chi connectivity index (χ1n) is 11.5. The fourth-order valence-corrected chi connectivity index (χ4v) is 4.21. The van der Waals surface area contributed by atoms with E-state index in [0.717, 1.165) is 48.9 Å². The lowest BCUT2D eigenvalue weighted by Gasteiger charge is -2.10. The Labute approximate surface area is 197 Å². The van der Waals surface area contributed by atoms with Gasteiger partial charge in [-0.05, 0) is 37.7 Å². The Morgan fingerprint density at radius 2 is 1.79 bits per heavy atom. The standard InChI is InChI=1S/C26H26N6O2/c33-24-20-14-7-15-21(20)28-25(30-24)32-23(17-22(31-32)19-12-5-2-6-13-19)29-26(34)27-16-8-11-18-9-3-1-4-10-18/h1-6,9-10,12-13,17H,7-8,11,14-16H2,(H2,27,29,34)(H,28,30,33). The van der Waals surface area contributed by atoms with Gasteiger partial charge in [0.05, 0.1) is 11.4 Å². The van der Waals surface area contributed by atoms with Gasteiger partial charge in [0.2, 0.25) is 5.95 Å². The van der Waals surface area contributed by atoms with Crippen molar-refractivity contribution in [1.82, 2.24) is 25.1 Å². The first-order valence-corrected chi connectivity index (χ1v) is 11.5. The summed E-state index contributed by atoms with van der Waals surface area (Å²) < 4.78 is 1.49. The van der Waals surface area contributed by atoms with Gasteiger partial charge in [-0.2, -0.15) is 9.78 Å². The first-order chi connectivity index (χ1) is 16.7. The highest BCUT2D eigenvalue weighted by atomic mass is 16.2. The second kappa shape index (κ2) is 9.74. The van der Waals surface area contributed by atoms with Crippen LogP contribution in [-0.2, 0) is 19.3 Å². The third-order valence-corrected chi connectivity index (χ3v) is 5.92. The van der Waals surface area contributed by atoms with Gasteiger partial charge in [-0.3, -0.25) is 15.1 Å². The number of benzene rings is 2. The molecule has 34 heavy (non-hydrogen) atoms. The van der Waals surface area contributed by atoms with Crippen LogP contribution in [0, 0.1) is 0 Å². The lowest BCUT2D eigenvalue weighted by atomic mass is 10.1. The predicted octanol–water partition coefficient (Wildman–Crippen LogP) is 3.87. The van der Waals surface area contributed by atoms with Gasteiger partial charge >= 0.3 is 6.03 Å². The number of nitrogens with zero attached hydrogens (tertiary/aromatic N) is 3. The number of carbonyl (C=O) groups excluding carboxylic acids is 1. The summed E-state index contributed by atoms with van der Waals surface area (Å²) >= 11 is 0. The first kappa shape index (κ1) is 21.6. The fraction of sp³-hybridized carbons (Fsp3) is 0.231. The minimum Gasteiger partial charge on any atom is -0.338 e.